The summed E-state index contributed by atoms with van der Waals surface area (Å²) in [6, 6.07) is 8.58. The first-order valence-corrected chi connectivity index (χ1v) is 7.70. The predicted molar refractivity (Wildman–Crippen MR) is 82.5 cm³/mol. The van der Waals surface area contributed by atoms with Gasteiger partial charge in [0, 0.05) is 12.6 Å². The number of nitrogens with two attached hydrogens (primary N) is 1. The average molecular weight is 272 g/mol. The van der Waals surface area contributed by atoms with Crippen LogP contribution >= 0.6 is 0 Å². The maximum absolute atomic E-state index is 6.17. The van der Waals surface area contributed by atoms with Crippen molar-refractivity contribution < 1.29 is 0 Å². The number of fused-ring (bicyclic) bond motifs is 1. The normalized spacial score (nSPS) is 17.9. The van der Waals surface area contributed by atoms with E-state index in [2.05, 4.69) is 40.7 Å². The van der Waals surface area contributed by atoms with Crippen LogP contribution in [-0.4, -0.2) is 33.6 Å². The lowest BCUT2D eigenvalue weighted by Gasteiger charge is -2.18. The number of imidazole rings is 1. The van der Waals surface area contributed by atoms with Crippen molar-refractivity contribution in [1.82, 2.24) is 14.5 Å². The molecule has 0 saturated carbocycles. The van der Waals surface area contributed by atoms with E-state index in [1.807, 2.05) is 0 Å². The Balaban J connectivity index is 1.93. The third-order valence-corrected chi connectivity index (χ3v) is 4.24. The Morgan fingerprint density at radius 1 is 1.25 bits per heavy atom. The van der Waals surface area contributed by atoms with Crippen LogP contribution in [0.2, 0.25) is 0 Å². The molecule has 2 heterocycles. The van der Waals surface area contributed by atoms with E-state index < -0.39 is 0 Å². The molecule has 0 radical (unpaired) electrons. The van der Waals surface area contributed by atoms with Gasteiger partial charge in [0.25, 0.3) is 0 Å². The van der Waals surface area contributed by atoms with E-state index in [1.165, 1.54) is 31.4 Å². The van der Waals surface area contributed by atoms with Crippen LogP contribution in [-0.2, 0) is 13.1 Å². The number of nitrogens with zero attached hydrogens (tertiary/aromatic N) is 3. The molecule has 1 aromatic carbocycles. The largest absolute Gasteiger partial charge is 0.326 e. The minimum absolute atomic E-state index is 0.199. The zero-order valence-corrected chi connectivity index (χ0v) is 12.3. The first-order valence-electron chi connectivity index (χ1n) is 7.70. The third kappa shape index (κ3) is 2.72. The Bertz CT molecular complexity index is 569. The summed E-state index contributed by atoms with van der Waals surface area (Å²) in [5, 5.41) is 0. The first-order chi connectivity index (χ1) is 9.78. The first kappa shape index (κ1) is 13.6. The van der Waals surface area contributed by atoms with Crippen molar-refractivity contribution in [2.24, 2.45) is 5.73 Å². The summed E-state index contributed by atoms with van der Waals surface area (Å²) in [5.41, 5.74) is 8.47. The Labute approximate surface area is 120 Å². The summed E-state index contributed by atoms with van der Waals surface area (Å²) >= 11 is 0. The lowest BCUT2D eigenvalue weighted by atomic mass is 10.2. The molecular weight excluding hydrogens is 248 g/mol. The number of likely N-dealkylation sites (tertiary alicyclic amines) is 1. The van der Waals surface area contributed by atoms with Crippen LogP contribution in [0.15, 0.2) is 24.3 Å². The second-order valence-electron chi connectivity index (χ2n) is 5.78. The van der Waals surface area contributed by atoms with Crippen LogP contribution < -0.4 is 5.73 Å². The Hall–Kier alpha value is -1.39. The maximum Gasteiger partial charge on any atom is 0.124 e. The molecule has 1 aliphatic rings. The number of benzene rings is 1. The van der Waals surface area contributed by atoms with Crippen LogP contribution in [0.1, 0.15) is 32.0 Å². The number of rotatable bonds is 5. The molecule has 20 heavy (non-hydrogen) atoms. The van der Waals surface area contributed by atoms with Crippen molar-refractivity contribution in [3.63, 3.8) is 0 Å². The summed E-state index contributed by atoms with van der Waals surface area (Å²) in [4.78, 5) is 7.32. The van der Waals surface area contributed by atoms with Crippen LogP contribution in [0.25, 0.3) is 11.0 Å². The predicted octanol–water partition coefficient (Wildman–Crippen LogP) is 2.37. The maximum atomic E-state index is 6.17. The monoisotopic (exact) mass is 272 g/mol. The van der Waals surface area contributed by atoms with E-state index >= 15 is 0 Å². The smallest absolute Gasteiger partial charge is 0.124 e. The molecule has 1 saturated heterocycles. The Kier molecular flexibility index (Phi) is 4.03. The fourth-order valence-corrected chi connectivity index (χ4v) is 2.95. The molecule has 3 rings (SSSR count). The van der Waals surface area contributed by atoms with Gasteiger partial charge in [0.05, 0.1) is 17.6 Å². The number of para-hydroxylation sites is 2. The number of hydrogen-bond donors (Lipinski definition) is 1. The molecule has 4 nitrogen and oxygen atoms in total. The van der Waals surface area contributed by atoms with Gasteiger partial charge < -0.3 is 10.3 Å². The van der Waals surface area contributed by atoms with Gasteiger partial charge in [-0.1, -0.05) is 19.1 Å². The molecule has 0 bridgehead atoms. The highest BCUT2D eigenvalue weighted by molar-refractivity contribution is 5.75. The summed E-state index contributed by atoms with van der Waals surface area (Å²) < 4.78 is 2.32. The molecule has 1 fully saturated rings. The van der Waals surface area contributed by atoms with Crippen LogP contribution in [0.3, 0.4) is 0 Å². The molecule has 108 valence electrons. The van der Waals surface area contributed by atoms with Crippen molar-refractivity contribution in [3.8, 4) is 0 Å². The minimum atomic E-state index is 0.199. The highest BCUT2D eigenvalue weighted by atomic mass is 15.2. The molecule has 1 atom stereocenters. The lowest BCUT2D eigenvalue weighted by molar-refractivity contribution is 0.315. The highest BCUT2D eigenvalue weighted by Gasteiger charge is 2.17. The van der Waals surface area contributed by atoms with Gasteiger partial charge in [0.2, 0.25) is 0 Å². The number of hydrogen-bond acceptors (Lipinski definition) is 3. The van der Waals surface area contributed by atoms with Gasteiger partial charge in [-0.3, -0.25) is 4.90 Å². The molecule has 2 N–H and O–H groups in total. The zero-order valence-electron chi connectivity index (χ0n) is 12.3. The van der Waals surface area contributed by atoms with Gasteiger partial charge in [-0.25, -0.2) is 4.98 Å². The van der Waals surface area contributed by atoms with Crippen LogP contribution in [0.5, 0.6) is 0 Å². The second-order valence-corrected chi connectivity index (χ2v) is 5.78. The molecular formula is C16H24N4. The van der Waals surface area contributed by atoms with E-state index in [0.29, 0.717) is 0 Å². The van der Waals surface area contributed by atoms with Gasteiger partial charge >= 0.3 is 0 Å². The lowest BCUT2D eigenvalue weighted by Crippen LogP contribution is -2.28. The SMILES string of the molecule is CCC(N)Cn1c(CN2CCCC2)nc2ccccc21. The summed E-state index contributed by atoms with van der Waals surface area (Å²) in [6.45, 7) is 6.35. The van der Waals surface area contributed by atoms with Gasteiger partial charge in [0.15, 0.2) is 0 Å². The van der Waals surface area contributed by atoms with E-state index in [9.17, 15) is 0 Å². The van der Waals surface area contributed by atoms with E-state index in [1.54, 1.807) is 0 Å². The summed E-state index contributed by atoms with van der Waals surface area (Å²) in [7, 11) is 0. The van der Waals surface area contributed by atoms with Crippen LogP contribution in [0.4, 0.5) is 0 Å². The van der Waals surface area contributed by atoms with Gasteiger partial charge in [-0.2, -0.15) is 0 Å². The molecule has 0 aliphatic carbocycles. The van der Waals surface area contributed by atoms with Crippen LogP contribution in [0, 0.1) is 0 Å². The van der Waals surface area contributed by atoms with E-state index in [4.69, 9.17) is 10.7 Å². The summed E-state index contributed by atoms with van der Waals surface area (Å²) in [5.74, 6) is 1.16. The fourth-order valence-electron chi connectivity index (χ4n) is 2.95. The Morgan fingerprint density at radius 2 is 2.00 bits per heavy atom. The Morgan fingerprint density at radius 3 is 2.75 bits per heavy atom. The van der Waals surface area contributed by atoms with Crippen molar-refractivity contribution in [3.05, 3.63) is 30.1 Å². The summed E-state index contributed by atoms with van der Waals surface area (Å²) in [6.07, 6.45) is 3.62. The molecule has 1 aliphatic heterocycles. The number of aromatic nitrogens is 2. The van der Waals surface area contributed by atoms with E-state index in [0.717, 1.165) is 30.9 Å². The second kappa shape index (κ2) is 5.94. The van der Waals surface area contributed by atoms with Gasteiger partial charge in [-0.15, -0.1) is 0 Å². The van der Waals surface area contributed by atoms with Crippen molar-refractivity contribution >= 4 is 11.0 Å². The van der Waals surface area contributed by atoms with Gasteiger partial charge in [0.1, 0.15) is 5.82 Å². The molecule has 0 amide bonds. The van der Waals surface area contributed by atoms with Crippen molar-refractivity contribution in [2.75, 3.05) is 13.1 Å². The quantitative estimate of drug-likeness (QED) is 0.909. The van der Waals surface area contributed by atoms with Gasteiger partial charge in [-0.05, 0) is 44.5 Å². The molecule has 1 unspecified atom stereocenters. The third-order valence-electron chi connectivity index (χ3n) is 4.24. The standard InChI is InChI=1S/C16H24N4/c1-2-13(17)11-20-15-8-4-3-7-14(15)18-16(20)12-19-9-5-6-10-19/h3-4,7-8,13H,2,5-6,9-12,17H2,1H3. The highest BCUT2D eigenvalue weighted by Crippen LogP contribution is 2.19. The zero-order chi connectivity index (χ0) is 13.9. The molecule has 2 aromatic rings. The van der Waals surface area contributed by atoms with Crippen molar-refractivity contribution in [2.45, 2.75) is 45.3 Å². The average Bonchev–Trinajstić information content (AvgIpc) is 3.08. The molecule has 0 spiro atoms. The fraction of sp³-hybridized carbons (Fsp3) is 0.562. The molecule has 4 heteroatoms. The minimum Gasteiger partial charge on any atom is -0.326 e. The topological polar surface area (TPSA) is 47.1 Å². The van der Waals surface area contributed by atoms with Crippen molar-refractivity contribution in [1.29, 1.82) is 0 Å². The molecule has 1 aromatic heterocycles. The van der Waals surface area contributed by atoms with E-state index in [-0.39, 0.29) is 6.04 Å².